The predicted octanol–water partition coefficient (Wildman–Crippen LogP) is 4.89. The van der Waals surface area contributed by atoms with Crippen LogP contribution in [0.15, 0.2) is 12.3 Å². The first-order valence-electron chi connectivity index (χ1n) is 10.2. The van der Waals surface area contributed by atoms with E-state index in [1.165, 1.54) is 57.8 Å². The van der Waals surface area contributed by atoms with E-state index in [9.17, 15) is 0 Å². The third kappa shape index (κ3) is 1.40. The fourth-order valence-electron chi connectivity index (χ4n) is 8.75. The molecule has 2 heterocycles. The first-order chi connectivity index (χ1) is 11.1. The van der Waals surface area contributed by atoms with Crippen LogP contribution in [0.5, 0.6) is 0 Å². The van der Waals surface area contributed by atoms with Crippen molar-refractivity contribution >= 4 is 0 Å². The van der Waals surface area contributed by atoms with Crippen LogP contribution in [0.3, 0.4) is 0 Å². The van der Waals surface area contributed by atoms with Gasteiger partial charge < -0.3 is 9.47 Å². The van der Waals surface area contributed by atoms with Gasteiger partial charge in [0.25, 0.3) is 0 Å². The van der Waals surface area contributed by atoms with Crippen LogP contribution in [0.2, 0.25) is 0 Å². The van der Waals surface area contributed by atoms with E-state index in [-0.39, 0.29) is 6.29 Å². The summed E-state index contributed by atoms with van der Waals surface area (Å²) in [6.07, 6.45) is 13.3. The maximum atomic E-state index is 6.65. The SMILES string of the molecule is C=C1OC2OC3C[C@@]24[C@@H]1CC[C@H]4[C@@H]1CCC2CCCC[C@]2(C)[C@@H]31. The zero-order valence-electron chi connectivity index (χ0n) is 14.4. The van der Waals surface area contributed by atoms with Crippen LogP contribution in [0.25, 0.3) is 0 Å². The molecule has 6 rings (SSSR count). The van der Waals surface area contributed by atoms with Crippen LogP contribution in [-0.2, 0) is 9.47 Å². The molecule has 2 aliphatic heterocycles. The summed E-state index contributed by atoms with van der Waals surface area (Å²) in [5.74, 6) is 5.16. The molecule has 3 unspecified atom stereocenters. The molecule has 1 spiro atoms. The van der Waals surface area contributed by atoms with Crippen LogP contribution in [0.1, 0.15) is 64.7 Å². The number of rotatable bonds is 0. The second-order valence-corrected chi connectivity index (χ2v) is 9.86. The van der Waals surface area contributed by atoms with E-state index in [0.29, 0.717) is 22.9 Å². The quantitative estimate of drug-likeness (QED) is 0.633. The van der Waals surface area contributed by atoms with E-state index in [1.807, 2.05) is 0 Å². The summed E-state index contributed by atoms with van der Waals surface area (Å²) in [7, 11) is 0. The molecule has 0 aromatic carbocycles. The lowest BCUT2D eigenvalue weighted by Crippen LogP contribution is -2.56. The van der Waals surface area contributed by atoms with Crippen LogP contribution >= 0.6 is 0 Å². The predicted molar refractivity (Wildman–Crippen MR) is 88.4 cm³/mol. The summed E-state index contributed by atoms with van der Waals surface area (Å²) < 4.78 is 12.8. The Labute approximate surface area is 140 Å². The zero-order chi connectivity index (χ0) is 15.4. The van der Waals surface area contributed by atoms with Crippen molar-refractivity contribution in [2.75, 3.05) is 0 Å². The molecule has 6 fully saturated rings. The number of hydrogen-bond donors (Lipinski definition) is 0. The largest absolute Gasteiger partial charge is 0.469 e. The zero-order valence-corrected chi connectivity index (χ0v) is 14.4. The van der Waals surface area contributed by atoms with E-state index in [2.05, 4.69) is 13.5 Å². The summed E-state index contributed by atoms with van der Waals surface area (Å²) in [4.78, 5) is 0. The number of ether oxygens (including phenoxy) is 2. The van der Waals surface area contributed by atoms with Gasteiger partial charge in [-0.1, -0.05) is 26.3 Å². The second kappa shape index (κ2) is 4.18. The van der Waals surface area contributed by atoms with Crippen LogP contribution in [0, 0.1) is 40.4 Å². The molecular weight excluding hydrogens is 284 g/mol. The molecular formula is C21H30O2. The lowest BCUT2D eigenvalue weighted by atomic mass is 9.44. The molecule has 0 amide bonds. The standard InChI is InChI=1S/C21H30O2/c1-12-15-8-9-16-14-7-6-13-5-3-4-10-20(13,2)18(14)17-11-21(15,16)19(22-12)23-17/h13-19H,1,3-11H2,2H3/t13?,14-,15+,16-,17?,18+,19?,20-,21-/m0/s1. The molecule has 0 aromatic heterocycles. The summed E-state index contributed by atoms with van der Waals surface area (Å²) in [5.41, 5.74) is 0.863. The Morgan fingerprint density at radius 2 is 2.00 bits per heavy atom. The van der Waals surface area contributed by atoms with Crippen LogP contribution < -0.4 is 0 Å². The molecule has 2 nitrogen and oxygen atoms in total. The maximum Gasteiger partial charge on any atom is 0.206 e. The van der Waals surface area contributed by atoms with Crippen molar-refractivity contribution < 1.29 is 9.47 Å². The van der Waals surface area contributed by atoms with Gasteiger partial charge in [0.15, 0.2) is 0 Å². The Hall–Kier alpha value is -0.500. The fourth-order valence-corrected chi connectivity index (χ4v) is 8.75. The van der Waals surface area contributed by atoms with Gasteiger partial charge in [-0.3, -0.25) is 0 Å². The molecule has 0 aromatic rings. The van der Waals surface area contributed by atoms with Gasteiger partial charge in [-0.05, 0) is 74.0 Å². The average molecular weight is 314 g/mol. The summed E-state index contributed by atoms with van der Waals surface area (Å²) in [6.45, 7) is 6.87. The van der Waals surface area contributed by atoms with Gasteiger partial charge in [0.2, 0.25) is 6.29 Å². The fraction of sp³-hybridized carbons (Fsp3) is 0.905. The third-order valence-electron chi connectivity index (χ3n) is 9.48. The van der Waals surface area contributed by atoms with Gasteiger partial charge in [0, 0.05) is 11.3 Å². The molecule has 2 bridgehead atoms. The maximum absolute atomic E-state index is 6.65. The Balaban J connectivity index is 1.45. The monoisotopic (exact) mass is 314 g/mol. The van der Waals surface area contributed by atoms with Gasteiger partial charge in [-0.2, -0.15) is 0 Å². The lowest BCUT2D eigenvalue weighted by Gasteiger charge is -2.59. The van der Waals surface area contributed by atoms with E-state index in [0.717, 1.165) is 29.4 Å². The molecule has 0 N–H and O–H groups in total. The minimum Gasteiger partial charge on any atom is -0.469 e. The Morgan fingerprint density at radius 1 is 1.09 bits per heavy atom. The van der Waals surface area contributed by atoms with Crippen molar-refractivity contribution in [1.82, 2.24) is 0 Å². The average Bonchev–Trinajstić information content (AvgIpc) is 3.12. The summed E-state index contributed by atoms with van der Waals surface area (Å²) in [6, 6.07) is 0. The minimum atomic E-state index is 0.0498. The van der Waals surface area contributed by atoms with Crippen molar-refractivity contribution in [1.29, 1.82) is 0 Å². The smallest absolute Gasteiger partial charge is 0.206 e. The summed E-state index contributed by atoms with van der Waals surface area (Å²) in [5, 5.41) is 0. The lowest BCUT2D eigenvalue weighted by molar-refractivity contribution is -0.149. The van der Waals surface area contributed by atoms with E-state index >= 15 is 0 Å². The Morgan fingerprint density at radius 3 is 2.91 bits per heavy atom. The van der Waals surface area contributed by atoms with Gasteiger partial charge in [0.1, 0.15) is 0 Å². The highest BCUT2D eigenvalue weighted by Crippen LogP contribution is 2.74. The molecule has 2 saturated heterocycles. The highest BCUT2D eigenvalue weighted by molar-refractivity contribution is 5.24. The number of hydrogen-bond acceptors (Lipinski definition) is 2. The minimum absolute atomic E-state index is 0.0498. The normalized spacial score (nSPS) is 62.5. The number of allylic oxidation sites excluding steroid dienone is 1. The van der Waals surface area contributed by atoms with Gasteiger partial charge in [0.05, 0.1) is 11.9 Å². The van der Waals surface area contributed by atoms with Crippen molar-refractivity contribution in [3.63, 3.8) is 0 Å². The van der Waals surface area contributed by atoms with Gasteiger partial charge in [-0.15, -0.1) is 0 Å². The van der Waals surface area contributed by atoms with Gasteiger partial charge >= 0.3 is 0 Å². The molecule has 2 heteroatoms. The Bertz CT molecular complexity index is 570. The molecule has 6 aliphatic rings. The molecule has 4 saturated carbocycles. The van der Waals surface area contributed by atoms with Crippen LogP contribution in [-0.4, -0.2) is 12.4 Å². The molecule has 126 valence electrons. The number of fused-ring (bicyclic) bond motifs is 6. The van der Waals surface area contributed by atoms with E-state index in [4.69, 9.17) is 9.47 Å². The van der Waals surface area contributed by atoms with Crippen molar-refractivity contribution in [3.05, 3.63) is 12.3 Å². The third-order valence-corrected chi connectivity index (χ3v) is 9.48. The second-order valence-electron chi connectivity index (χ2n) is 9.86. The van der Waals surface area contributed by atoms with Crippen molar-refractivity contribution in [2.24, 2.45) is 40.4 Å². The topological polar surface area (TPSA) is 18.5 Å². The first-order valence-corrected chi connectivity index (χ1v) is 10.2. The van der Waals surface area contributed by atoms with Crippen LogP contribution in [0.4, 0.5) is 0 Å². The molecule has 0 radical (unpaired) electrons. The van der Waals surface area contributed by atoms with E-state index in [1.54, 1.807) is 0 Å². The summed E-state index contributed by atoms with van der Waals surface area (Å²) >= 11 is 0. The first kappa shape index (κ1) is 13.8. The van der Waals surface area contributed by atoms with E-state index < -0.39 is 0 Å². The molecule has 9 atom stereocenters. The van der Waals surface area contributed by atoms with Crippen molar-refractivity contribution in [3.8, 4) is 0 Å². The molecule has 4 aliphatic carbocycles. The Kier molecular flexibility index (Phi) is 2.50. The van der Waals surface area contributed by atoms with Gasteiger partial charge in [-0.25, -0.2) is 0 Å². The highest BCUT2D eigenvalue weighted by Gasteiger charge is 2.74. The molecule has 23 heavy (non-hydrogen) atoms. The highest BCUT2D eigenvalue weighted by atomic mass is 16.7. The van der Waals surface area contributed by atoms with Crippen molar-refractivity contribution in [2.45, 2.75) is 77.1 Å².